The third-order valence-electron chi connectivity index (χ3n) is 3.91. The highest BCUT2D eigenvalue weighted by molar-refractivity contribution is 6.08. The van der Waals surface area contributed by atoms with Crippen LogP contribution in [0.5, 0.6) is 0 Å². The molecule has 1 unspecified atom stereocenters. The van der Waals surface area contributed by atoms with Crippen molar-refractivity contribution in [2.24, 2.45) is 11.3 Å². The number of ketones is 2. The maximum atomic E-state index is 12.3. The Labute approximate surface area is 95.0 Å². The van der Waals surface area contributed by atoms with Gasteiger partial charge in [-0.05, 0) is 12.3 Å². The van der Waals surface area contributed by atoms with E-state index in [2.05, 4.69) is 0 Å². The molecule has 1 N–H and O–H groups in total. The van der Waals surface area contributed by atoms with Gasteiger partial charge in [0.15, 0.2) is 22.8 Å². The largest absolute Gasteiger partial charge is 0.379 e. The molecule has 4 nitrogen and oxygen atoms in total. The fourth-order valence-corrected chi connectivity index (χ4v) is 2.42. The van der Waals surface area contributed by atoms with E-state index in [0.717, 1.165) is 0 Å². The highest BCUT2D eigenvalue weighted by Gasteiger charge is 2.71. The van der Waals surface area contributed by atoms with E-state index in [1.165, 1.54) is 6.92 Å². The number of carbonyl (C=O) groups is 2. The molecule has 16 heavy (non-hydrogen) atoms. The summed E-state index contributed by atoms with van der Waals surface area (Å²) in [7, 11) is 0. The molecule has 2 fully saturated rings. The number of aliphatic hydroxyl groups is 1. The smallest absolute Gasteiger partial charge is 0.185 e. The first-order valence-electron chi connectivity index (χ1n) is 5.57. The number of hydrogen-bond donors (Lipinski definition) is 1. The molecule has 1 heterocycles. The standard InChI is InChI=1S/C12H18O4/c1-10(2,3)7-5-8(13)11(4,15)12(6-16-12)9(7)14/h7,15H,5-6H2,1-4H3/t7?,11-,12+/m0/s1. The van der Waals surface area contributed by atoms with Crippen molar-refractivity contribution in [3.63, 3.8) is 0 Å². The normalized spacial score (nSPS) is 43.9. The van der Waals surface area contributed by atoms with Gasteiger partial charge in [-0.25, -0.2) is 0 Å². The Hall–Kier alpha value is -0.740. The lowest BCUT2D eigenvalue weighted by molar-refractivity contribution is -0.164. The molecule has 0 aromatic carbocycles. The third kappa shape index (κ3) is 1.29. The molecule has 0 radical (unpaired) electrons. The van der Waals surface area contributed by atoms with Crippen LogP contribution in [0.3, 0.4) is 0 Å². The second kappa shape index (κ2) is 2.93. The Morgan fingerprint density at radius 2 is 1.88 bits per heavy atom. The van der Waals surface area contributed by atoms with Crippen molar-refractivity contribution >= 4 is 11.6 Å². The summed E-state index contributed by atoms with van der Waals surface area (Å²) >= 11 is 0. The molecule has 1 aliphatic carbocycles. The van der Waals surface area contributed by atoms with Crippen LogP contribution in [-0.4, -0.2) is 34.5 Å². The van der Waals surface area contributed by atoms with Crippen LogP contribution in [0.15, 0.2) is 0 Å². The molecule has 1 saturated heterocycles. The number of rotatable bonds is 0. The highest BCUT2D eigenvalue weighted by Crippen LogP contribution is 2.50. The molecule has 1 spiro atoms. The van der Waals surface area contributed by atoms with E-state index in [0.29, 0.717) is 0 Å². The third-order valence-corrected chi connectivity index (χ3v) is 3.91. The topological polar surface area (TPSA) is 66.9 Å². The van der Waals surface area contributed by atoms with Gasteiger partial charge in [-0.2, -0.15) is 0 Å². The summed E-state index contributed by atoms with van der Waals surface area (Å²) in [6.07, 6.45) is 0.112. The van der Waals surface area contributed by atoms with Crippen molar-refractivity contribution in [3.05, 3.63) is 0 Å². The van der Waals surface area contributed by atoms with Gasteiger partial charge in [0.25, 0.3) is 0 Å². The Balaban J connectivity index is 2.40. The van der Waals surface area contributed by atoms with Gasteiger partial charge >= 0.3 is 0 Å². The fourth-order valence-electron chi connectivity index (χ4n) is 2.42. The summed E-state index contributed by atoms with van der Waals surface area (Å²) in [5, 5.41) is 10.1. The van der Waals surface area contributed by atoms with E-state index in [9.17, 15) is 14.7 Å². The van der Waals surface area contributed by atoms with Crippen LogP contribution in [-0.2, 0) is 14.3 Å². The molecule has 0 aromatic heterocycles. The van der Waals surface area contributed by atoms with E-state index in [1.54, 1.807) is 0 Å². The first-order valence-corrected chi connectivity index (χ1v) is 5.57. The summed E-state index contributed by atoms with van der Waals surface area (Å²) in [5.41, 5.74) is -3.17. The van der Waals surface area contributed by atoms with E-state index in [-0.39, 0.29) is 35.9 Å². The first kappa shape index (κ1) is 11.7. The van der Waals surface area contributed by atoms with E-state index < -0.39 is 11.2 Å². The van der Waals surface area contributed by atoms with Gasteiger partial charge in [0.05, 0.1) is 6.61 Å². The van der Waals surface area contributed by atoms with Gasteiger partial charge in [-0.3, -0.25) is 9.59 Å². The van der Waals surface area contributed by atoms with Gasteiger partial charge in [0.1, 0.15) is 0 Å². The number of ether oxygens (including phenoxy) is 1. The SMILES string of the molecule is CC(C)(C)C1CC(=O)[C@](C)(O)[C@@]2(CO2)C1=O. The van der Waals surface area contributed by atoms with Crippen molar-refractivity contribution in [2.45, 2.75) is 45.3 Å². The van der Waals surface area contributed by atoms with Gasteiger partial charge in [0.2, 0.25) is 0 Å². The molecule has 4 heteroatoms. The first-order chi connectivity index (χ1) is 7.13. The minimum Gasteiger partial charge on any atom is -0.379 e. The molecule has 3 atom stereocenters. The lowest BCUT2D eigenvalue weighted by atomic mass is 9.62. The zero-order valence-electron chi connectivity index (χ0n) is 10.2. The summed E-state index contributed by atoms with van der Waals surface area (Å²) < 4.78 is 5.14. The predicted octanol–water partition coefficient (Wildman–Crippen LogP) is 0.711. The molecule has 0 amide bonds. The number of epoxide rings is 1. The van der Waals surface area contributed by atoms with Crippen molar-refractivity contribution in [3.8, 4) is 0 Å². The van der Waals surface area contributed by atoms with Crippen LogP contribution in [0.25, 0.3) is 0 Å². The van der Waals surface area contributed by atoms with E-state index in [4.69, 9.17) is 4.74 Å². The van der Waals surface area contributed by atoms with Crippen molar-refractivity contribution < 1.29 is 19.4 Å². The highest BCUT2D eigenvalue weighted by atomic mass is 16.6. The molecule has 0 aromatic rings. The number of carbonyl (C=O) groups excluding carboxylic acids is 2. The molecular weight excluding hydrogens is 208 g/mol. The number of Topliss-reactive ketones (excluding diaryl/α,β-unsaturated/α-hetero) is 2. The Morgan fingerprint density at radius 3 is 2.25 bits per heavy atom. The van der Waals surface area contributed by atoms with Crippen LogP contribution in [0, 0.1) is 11.3 Å². The van der Waals surface area contributed by atoms with Crippen LogP contribution in [0.2, 0.25) is 0 Å². The summed E-state index contributed by atoms with van der Waals surface area (Å²) in [4.78, 5) is 24.2. The maximum absolute atomic E-state index is 12.3. The number of hydrogen-bond acceptors (Lipinski definition) is 4. The fraction of sp³-hybridized carbons (Fsp3) is 0.833. The Bertz CT molecular complexity index is 358. The lowest BCUT2D eigenvalue weighted by Gasteiger charge is -2.41. The zero-order valence-corrected chi connectivity index (χ0v) is 10.2. The predicted molar refractivity (Wildman–Crippen MR) is 56.9 cm³/mol. The van der Waals surface area contributed by atoms with E-state index in [1.807, 2.05) is 20.8 Å². The van der Waals surface area contributed by atoms with Gasteiger partial charge in [-0.1, -0.05) is 20.8 Å². The minimum absolute atomic E-state index is 0.112. The maximum Gasteiger partial charge on any atom is 0.185 e. The molecule has 1 saturated carbocycles. The lowest BCUT2D eigenvalue weighted by Crippen LogP contribution is -2.62. The van der Waals surface area contributed by atoms with Crippen LogP contribution in [0.4, 0.5) is 0 Å². The average Bonchev–Trinajstić information content (AvgIpc) is 2.89. The molecule has 90 valence electrons. The van der Waals surface area contributed by atoms with Crippen LogP contribution < -0.4 is 0 Å². The molecular formula is C12H18O4. The van der Waals surface area contributed by atoms with Gasteiger partial charge in [-0.15, -0.1) is 0 Å². The Kier molecular flexibility index (Phi) is 2.15. The summed E-state index contributed by atoms with van der Waals surface area (Å²) in [6, 6.07) is 0. The zero-order chi connectivity index (χ0) is 12.4. The molecule has 0 bridgehead atoms. The second-order valence-corrected chi connectivity index (χ2v) is 6.10. The van der Waals surface area contributed by atoms with Crippen molar-refractivity contribution in [1.82, 2.24) is 0 Å². The van der Waals surface area contributed by atoms with Crippen LogP contribution >= 0.6 is 0 Å². The van der Waals surface area contributed by atoms with Crippen molar-refractivity contribution in [2.75, 3.05) is 6.61 Å². The second-order valence-electron chi connectivity index (χ2n) is 6.10. The minimum atomic E-state index is -1.65. The van der Waals surface area contributed by atoms with Gasteiger partial charge in [0, 0.05) is 12.3 Å². The Morgan fingerprint density at radius 1 is 1.38 bits per heavy atom. The average molecular weight is 226 g/mol. The van der Waals surface area contributed by atoms with Gasteiger partial charge < -0.3 is 9.84 Å². The summed E-state index contributed by atoms with van der Waals surface area (Å²) in [5.74, 6) is -0.767. The summed E-state index contributed by atoms with van der Waals surface area (Å²) in [6.45, 7) is 7.34. The van der Waals surface area contributed by atoms with Crippen molar-refractivity contribution in [1.29, 1.82) is 0 Å². The quantitative estimate of drug-likeness (QED) is 0.618. The van der Waals surface area contributed by atoms with E-state index >= 15 is 0 Å². The van der Waals surface area contributed by atoms with Crippen LogP contribution in [0.1, 0.15) is 34.1 Å². The molecule has 2 rings (SSSR count). The molecule has 2 aliphatic rings. The monoisotopic (exact) mass is 226 g/mol. The molecule has 1 aliphatic heterocycles.